The molecule has 15 heavy (non-hydrogen) atoms. The lowest BCUT2D eigenvalue weighted by Crippen LogP contribution is -2.35. The SMILES string of the molecule is CC[C@H](C)[C@H](Nc1nc(C)ns1)C(=O)O. The van der Waals surface area contributed by atoms with Gasteiger partial charge in [-0.15, -0.1) is 0 Å². The van der Waals surface area contributed by atoms with E-state index in [9.17, 15) is 4.79 Å². The van der Waals surface area contributed by atoms with Crippen LogP contribution in [0.2, 0.25) is 0 Å². The number of nitrogens with one attached hydrogen (secondary N) is 1. The first-order valence-corrected chi connectivity index (χ1v) is 5.61. The van der Waals surface area contributed by atoms with E-state index in [0.29, 0.717) is 11.0 Å². The maximum Gasteiger partial charge on any atom is 0.326 e. The molecule has 0 spiro atoms. The minimum Gasteiger partial charge on any atom is -0.480 e. The molecule has 1 heterocycles. The van der Waals surface area contributed by atoms with Crippen LogP contribution in [0.5, 0.6) is 0 Å². The normalized spacial score (nSPS) is 14.6. The van der Waals surface area contributed by atoms with Crippen molar-refractivity contribution in [2.45, 2.75) is 33.2 Å². The Balaban J connectivity index is 2.71. The molecule has 5 nitrogen and oxygen atoms in total. The van der Waals surface area contributed by atoms with Crippen molar-refractivity contribution in [2.75, 3.05) is 5.32 Å². The second-order valence-electron chi connectivity index (χ2n) is 3.49. The quantitative estimate of drug-likeness (QED) is 0.804. The number of aryl methyl sites for hydroxylation is 1. The summed E-state index contributed by atoms with van der Waals surface area (Å²) in [6.45, 7) is 5.65. The van der Waals surface area contributed by atoms with Gasteiger partial charge in [0, 0.05) is 11.5 Å². The molecule has 0 radical (unpaired) electrons. The predicted octanol–water partition coefficient (Wildman–Crippen LogP) is 1.76. The Bertz CT molecular complexity index is 340. The lowest BCUT2D eigenvalue weighted by Gasteiger charge is -2.19. The second kappa shape index (κ2) is 5.06. The number of carbonyl (C=O) groups is 1. The second-order valence-corrected chi connectivity index (χ2v) is 4.24. The van der Waals surface area contributed by atoms with E-state index in [1.165, 1.54) is 11.5 Å². The minimum atomic E-state index is -0.850. The maximum absolute atomic E-state index is 11.0. The van der Waals surface area contributed by atoms with Crippen molar-refractivity contribution >= 4 is 22.6 Å². The van der Waals surface area contributed by atoms with E-state index in [4.69, 9.17) is 5.11 Å². The molecule has 1 aromatic rings. The number of carboxylic acid groups (broad SMARTS) is 1. The van der Waals surface area contributed by atoms with Crippen LogP contribution in [0.25, 0.3) is 0 Å². The Morgan fingerprint density at radius 1 is 1.67 bits per heavy atom. The highest BCUT2D eigenvalue weighted by Gasteiger charge is 2.24. The third-order valence-corrected chi connectivity index (χ3v) is 3.02. The summed E-state index contributed by atoms with van der Waals surface area (Å²) in [5.41, 5.74) is 0. The fraction of sp³-hybridized carbons (Fsp3) is 0.667. The third-order valence-electron chi connectivity index (χ3n) is 2.29. The van der Waals surface area contributed by atoms with Crippen molar-refractivity contribution in [1.29, 1.82) is 0 Å². The van der Waals surface area contributed by atoms with Gasteiger partial charge in [0.2, 0.25) is 5.13 Å². The van der Waals surface area contributed by atoms with Crippen LogP contribution >= 0.6 is 11.5 Å². The van der Waals surface area contributed by atoms with Crippen molar-refractivity contribution in [3.63, 3.8) is 0 Å². The molecule has 84 valence electrons. The van der Waals surface area contributed by atoms with Gasteiger partial charge in [-0.05, 0) is 12.8 Å². The number of hydrogen-bond acceptors (Lipinski definition) is 5. The Kier molecular flexibility index (Phi) is 4.02. The van der Waals surface area contributed by atoms with Crippen molar-refractivity contribution in [3.05, 3.63) is 5.82 Å². The number of hydrogen-bond donors (Lipinski definition) is 2. The highest BCUT2D eigenvalue weighted by atomic mass is 32.1. The zero-order valence-electron chi connectivity index (χ0n) is 9.02. The van der Waals surface area contributed by atoms with Gasteiger partial charge >= 0.3 is 5.97 Å². The fourth-order valence-electron chi connectivity index (χ4n) is 1.17. The molecule has 0 aromatic carbocycles. The molecule has 2 atom stereocenters. The fourth-order valence-corrected chi connectivity index (χ4v) is 1.78. The smallest absolute Gasteiger partial charge is 0.326 e. The average Bonchev–Trinajstić information content (AvgIpc) is 2.59. The Labute approximate surface area is 92.7 Å². The number of aromatic nitrogens is 2. The van der Waals surface area contributed by atoms with Crippen molar-refractivity contribution in [1.82, 2.24) is 9.36 Å². The monoisotopic (exact) mass is 229 g/mol. The first kappa shape index (κ1) is 11.9. The van der Waals surface area contributed by atoms with E-state index < -0.39 is 12.0 Å². The van der Waals surface area contributed by atoms with Gasteiger partial charge in [-0.3, -0.25) is 0 Å². The third kappa shape index (κ3) is 3.16. The highest BCUT2D eigenvalue weighted by molar-refractivity contribution is 7.09. The molecule has 0 aliphatic carbocycles. The summed E-state index contributed by atoms with van der Waals surface area (Å²) in [6.07, 6.45) is 0.807. The van der Waals surface area contributed by atoms with Crippen molar-refractivity contribution < 1.29 is 9.90 Å². The summed E-state index contributed by atoms with van der Waals surface area (Å²) in [7, 11) is 0. The van der Waals surface area contributed by atoms with Crippen LogP contribution in [-0.2, 0) is 4.79 Å². The molecule has 0 amide bonds. The Hall–Kier alpha value is -1.17. The van der Waals surface area contributed by atoms with E-state index in [1.54, 1.807) is 6.92 Å². The van der Waals surface area contributed by atoms with Crippen LogP contribution in [0, 0.1) is 12.8 Å². The molecule has 2 N–H and O–H groups in total. The maximum atomic E-state index is 11.0. The summed E-state index contributed by atoms with van der Waals surface area (Å²) in [6, 6.07) is -0.595. The van der Waals surface area contributed by atoms with Crippen molar-refractivity contribution in [3.8, 4) is 0 Å². The lowest BCUT2D eigenvalue weighted by atomic mass is 10.00. The van der Waals surface area contributed by atoms with Crippen LogP contribution < -0.4 is 5.32 Å². The Morgan fingerprint density at radius 3 is 2.73 bits per heavy atom. The van der Waals surface area contributed by atoms with E-state index in [-0.39, 0.29) is 5.92 Å². The summed E-state index contributed by atoms with van der Waals surface area (Å²) in [4.78, 5) is 15.1. The zero-order valence-corrected chi connectivity index (χ0v) is 9.84. The molecule has 0 fully saturated rings. The summed E-state index contributed by atoms with van der Waals surface area (Å²) >= 11 is 1.19. The predicted molar refractivity (Wildman–Crippen MR) is 59.1 cm³/mol. The van der Waals surface area contributed by atoms with Gasteiger partial charge in [0.25, 0.3) is 0 Å². The van der Waals surface area contributed by atoms with Gasteiger partial charge in [-0.1, -0.05) is 20.3 Å². The average molecular weight is 229 g/mol. The van der Waals surface area contributed by atoms with Crippen LogP contribution in [-0.4, -0.2) is 26.5 Å². The molecule has 0 saturated heterocycles. The number of rotatable bonds is 5. The first-order valence-electron chi connectivity index (χ1n) is 4.84. The van der Waals surface area contributed by atoms with E-state index >= 15 is 0 Å². The van der Waals surface area contributed by atoms with Crippen molar-refractivity contribution in [2.24, 2.45) is 5.92 Å². The lowest BCUT2D eigenvalue weighted by molar-refractivity contribution is -0.139. The van der Waals surface area contributed by atoms with E-state index in [1.807, 2.05) is 13.8 Å². The summed E-state index contributed by atoms with van der Waals surface area (Å²) in [5, 5.41) is 12.5. The highest BCUT2D eigenvalue weighted by Crippen LogP contribution is 2.17. The molecule has 0 aliphatic rings. The van der Waals surface area contributed by atoms with E-state index in [0.717, 1.165) is 6.42 Å². The largest absolute Gasteiger partial charge is 0.480 e. The number of nitrogens with zero attached hydrogens (tertiary/aromatic N) is 2. The molecule has 6 heteroatoms. The molecule has 0 saturated carbocycles. The molecule has 0 unspecified atom stereocenters. The first-order chi connectivity index (χ1) is 7.04. The van der Waals surface area contributed by atoms with Gasteiger partial charge in [0.05, 0.1) is 0 Å². The molecule has 1 rings (SSSR count). The minimum absolute atomic E-state index is 0.0618. The number of carboxylic acids is 1. The molecule has 0 aliphatic heterocycles. The molecular weight excluding hydrogens is 214 g/mol. The molecular formula is C9H15N3O2S. The summed E-state index contributed by atoms with van der Waals surface area (Å²) in [5.74, 6) is -0.125. The van der Waals surface area contributed by atoms with Gasteiger partial charge < -0.3 is 10.4 Å². The number of aliphatic carboxylic acids is 1. The standard InChI is InChI=1S/C9H15N3O2S/c1-4-5(2)7(8(13)14)11-9-10-6(3)12-15-9/h5,7H,4H2,1-3H3,(H,13,14)(H,10,11,12)/t5-,7-/m0/s1. The molecule has 0 bridgehead atoms. The van der Waals surface area contributed by atoms with E-state index in [2.05, 4.69) is 14.7 Å². The topological polar surface area (TPSA) is 75.1 Å². The van der Waals surface area contributed by atoms with Crippen LogP contribution in [0.3, 0.4) is 0 Å². The number of anilines is 1. The van der Waals surface area contributed by atoms with Gasteiger partial charge in [0.1, 0.15) is 11.9 Å². The van der Waals surface area contributed by atoms with Crippen LogP contribution in [0.4, 0.5) is 5.13 Å². The van der Waals surface area contributed by atoms with Gasteiger partial charge in [-0.2, -0.15) is 4.37 Å². The Morgan fingerprint density at radius 2 is 2.33 bits per heavy atom. The molecule has 1 aromatic heterocycles. The van der Waals surface area contributed by atoms with Crippen LogP contribution in [0.1, 0.15) is 26.1 Å². The van der Waals surface area contributed by atoms with Crippen LogP contribution in [0.15, 0.2) is 0 Å². The summed E-state index contributed by atoms with van der Waals surface area (Å²) < 4.78 is 3.99. The van der Waals surface area contributed by atoms with Gasteiger partial charge in [0.15, 0.2) is 0 Å². The zero-order chi connectivity index (χ0) is 11.4. The van der Waals surface area contributed by atoms with Gasteiger partial charge in [-0.25, -0.2) is 9.78 Å².